The molecule has 15 heteroatoms. The number of carboxylic acid groups (broad SMARTS) is 1. The molecule has 0 unspecified atom stereocenters. The standard InChI is InChI=1S/C23H20N6O3S.C2HF3O2/c24-21(25)16-4-3-5-18(14-16)29-13-12-27-22(29)23(30)28-17-10-8-15(9-11-17)19-6-1-2-7-20(19)33(26,31)32;3-2(4,5)1(6)7/h1-14H,(H3,24,25)(H,28,30)(H2,26,31,32);(H,6,7). The van der Waals surface area contributed by atoms with Crippen LogP contribution in [0.1, 0.15) is 16.2 Å². The van der Waals surface area contributed by atoms with Crippen LogP contribution in [0, 0.1) is 5.41 Å². The number of carboxylic acids is 1. The molecule has 3 aromatic carbocycles. The molecule has 0 radical (unpaired) electrons. The van der Waals surface area contributed by atoms with Crippen molar-refractivity contribution >= 4 is 33.4 Å². The molecule has 0 saturated carbocycles. The van der Waals surface area contributed by atoms with Gasteiger partial charge >= 0.3 is 12.1 Å². The molecule has 40 heavy (non-hydrogen) atoms. The van der Waals surface area contributed by atoms with Crippen molar-refractivity contribution in [2.24, 2.45) is 10.9 Å². The maximum absolute atomic E-state index is 12.9. The molecule has 0 spiro atoms. The van der Waals surface area contributed by atoms with Crippen LogP contribution in [0.15, 0.2) is 90.1 Å². The minimum absolute atomic E-state index is 0.0246. The van der Waals surface area contributed by atoms with Gasteiger partial charge in [0.15, 0.2) is 0 Å². The van der Waals surface area contributed by atoms with Crippen LogP contribution >= 0.6 is 0 Å². The molecule has 0 saturated heterocycles. The number of nitrogen functional groups attached to an aromatic ring is 1. The third-order valence-corrected chi connectivity index (χ3v) is 6.14. The number of aliphatic carboxylic acids is 1. The normalized spacial score (nSPS) is 11.2. The number of amides is 1. The van der Waals surface area contributed by atoms with Crippen molar-refractivity contribution in [3.63, 3.8) is 0 Å². The van der Waals surface area contributed by atoms with E-state index in [-0.39, 0.29) is 16.6 Å². The number of sulfonamides is 1. The van der Waals surface area contributed by atoms with Crippen LogP contribution < -0.4 is 16.2 Å². The average Bonchev–Trinajstić information content (AvgIpc) is 3.39. The van der Waals surface area contributed by atoms with Gasteiger partial charge in [-0.3, -0.25) is 14.8 Å². The van der Waals surface area contributed by atoms with Crippen LogP contribution in [0.3, 0.4) is 0 Å². The van der Waals surface area contributed by atoms with E-state index in [2.05, 4.69) is 10.3 Å². The van der Waals surface area contributed by atoms with Crippen molar-refractivity contribution in [3.8, 4) is 16.8 Å². The number of benzene rings is 3. The number of imidazole rings is 1. The van der Waals surface area contributed by atoms with Crippen molar-refractivity contribution in [2.45, 2.75) is 11.1 Å². The van der Waals surface area contributed by atoms with Crippen molar-refractivity contribution in [1.82, 2.24) is 9.55 Å². The van der Waals surface area contributed by atoms with Gasteiger partial charge in [0.05, 0.1) is 4.90 Å². The van der Waals surface area contributed by atoms with E-state index in [9.17, 15) is 26.4 Å². The number of nitrogens with two attached hydrogens (primary N) is 2. The molecule has 4 aromatic rings. The first-order valence-corrected chi connectivity index (χ1v) is 12.5. The molecular weight excluding hydrogens is 553 g/mol. The van der Waals surface area contributed by atoms with Crippen LogP contribution in [0.5, 0.6) is 0 Å². The summed E-state index contributed by atoms with van der Waals surface area (Å²) in [5.41, 5.74) is 8.35. The number of nitrogens with one attached hydrogen (secondary N) is 2. The highest BCUT2D eigenvalue weighted by molar-refractivity contribution is 7.89. The summed E-state index contributed by atoms with van der Waals surface area (Å²) in [4.78, 5) is 25.9. The van der Waals surface area contributed by atoms with Crippen LogP contribution in [-0.2, 0) is 14.8 Å². The third-order valence-electron chi connectivity index (χ3n) is 5.17. The number of amidine groups is 1. The van der Waals surface area contributed by atoms with E-state index in [0.717, 1.165) is 0 Å². The fourth-order valence-corrected chi connectivity index (χ4v) is 4.14. The largest absolute Gasteiger partial charge is 0.490 e. The molecule has 208 valence electrons. The quantitative estimate of drug-likeness (QED) is 0.172. The summed E-state index contributed by atoms with van der Waals surface area (Å²) in [6.07, 6.45) is -1.94. The zero-order valence-electron chi connectivity index (χ0n) is 20.3. The monoisotopic (exact) mass is 574 g/mol. The summed E-state index contributed by atoms with van der Waals surface area (Å²) in [6.45, 7) is 0. The molecule has 11 nitrogen and oxygen atoms in total. The Hall–Kier alpha value is -5.02. The van der Waals surface area contributed by atoms with Crippen LogP contribution in [0.25, 0.3) is 16.8 Å². The van der Waals surface area contributed by atoms with Gasteiger partial charge < -0.3 is 16.2 Å². The van der Waals surface area contributed by atoms with Gasteiger partial charge in [0, 0.05) is 34.9 Å². The number of nitrogens with zero attached hydrogens (tertiary/aromatic N) is 2. The Balaban J connectivity index is 0.000000559. The predicted octanol–water partition coefficient (Wildman–Crippen LogP) is 3.36. The van der Waals surface area contributed by atoms with E-state index in [4.69, 9.17) is 26.2 Å². The molecule has 1 heterocycles. The Morgan fingerprint density at radius 1 is 1.00 bits per heavy atom. The van der Waals surface area contributed by atoms with Gasteiger partial charge in [-0.05, 0) is 35.9 Å². The van der Waals surface area contributed by atoms with Crippen LogP contribution in [0.2, 0.25) is 0 Å². The predicted molar refractivity (Wildman–Crippen MR) is 139 cm³/mol. The molecule has 0 atom stereocenters. The van der Waals surface area contributed by atoms with E-state index in [0.29, 0.717) is 28.1 Å². The first-order valence-electron chi connectivity index (χ1n) is 11.0. The number of alkyl halides is 3. The molecule has 0 bridgehead atoms. The number of anilines is 1. The van der Waals surface area contributed by atoms with Gasteiger partial charge in [0.1, 0.15) is 5.84 Å². The summed E-state index contributed by atoms with van der Waals surface area (Å²) >= 11 is 0. The highest BCUT2D eigenvalue weighted by Gasteiger charge is 2.38. The highest BCUT2D eigenvalue weighted by atomic mass is 32.2. The van der Waals surface area contributed by atoms with Crippen molar-refractivity contribution in [1.29, 1.82) is 5.41 Å². The highest BCUT2D eigenvalue weighted by Crippen LogP contribution is 2.27. The maximum Gasteiger partial charge on any atom is 0.490 e. The zero-order chi connectivity index (χ0) is 29.7. The Kier molecular flexibility index (Phi) is 8.71. The number of halogens is 3. The average molecular weight is 575 g/mol. The molecule has 0 fully saturated rings. The second kappa shape index (κ2) is 11.8. The van der Waals surface area contributed by atoms with Crippen molar-refractivity contribution in [3.05, 3.63) is 96.6 Å². The lowest BCUT2D eigenvalue weighted by Crippen LogP contribution is -2.21. The molecule has 1 amide bonds. The number of hydrogen-bond donors (Lipinski definition) is 5. The molecule has 4 rings (SSSR count). The van der Waals surface area contributed by atoms with Gasteiger partial charge in [-0.1, -0.05) is 42.5 Å². The van der Waals surface area contributed by atoms with Gasteiger partial charge in [-0.2, -0.15) is 13.2 Å². The Bertz CT molecular complexity index is 1670. The van der Waals surface area contributed by atoms with Gasteiger partial charge in [0.25, 0.3) is 5.91 Å². The number of primary sulfonamides is 1. The van der Waals surface area contributed by atoms with Crippen molar-refractivity contribution < 1.29 is 36.3 Å². The van der Waals surface area contributed by atoms with Gasteiger partial charge in [-0.25, -0.2) is 23.3 Å². The van der Waals surface area contributed by atoms with E-state index in [1.165, 1.54) is 12.3 Å². The number of aromatic nitrogens is 2. The molecular formula is C25H21F3N6O5S. The van der Waals surface area contributed by atoms with Crippen molar-refractivity contribution in [2.75, 3.05) is 5.32 Å². The minimum Gasteiger partial charge on any atom is -0.475 e. The molecule has 0 aliphatic rings. The van der Waals surface area contributed by atoms with E-state index >= 15 is 0 Å². The smallest absolute Gasteiger partial charge is 0.475 e. The number of rotatable bonds is 6. The number of carbonyl (C=O) groups is 2. The van der Waals surface area contributed by atoms with E-state index < -0.39 is 28.1 Å². The first kappa shape index (κ1) is 29.5. The molecule has 1 aromatic heterocycles. The topological polar surface area (TPSA) is 194 Å². The lowest BCUT2D eigenvalue weighted by Gasteiger charge is -2.11. The lowest BCUT2D eigenvalue weighted by atomic mass is 10.1. The lowest BCUT2D eigenvalue weighted by molar-refractivity contribution is -0.192. The van der Waals surface area contributed by atoms with Crippen LogP contribution in [-0.4, -0.2) is 47.0 Å². The Morgan fingerprint density at radius 3 is 2.20 bits per heavy atom. The second-order valence-corrected chi connectivity index (χ2v) is 9.49. The van der Waals surface area contributed by atoms with Crippen LogP contribution in [0.4, 0.5) is 18.9 Å². The van der Waals surface area contributed by atoms with Gasteiger partial charge in [-0.15, -0.1) is 0 Å². The summed E-state index contributed by atoms with van der Waals surface area (Å²) in [7, 11) is -3.88. The summed E-state index contributed by atoms with van der Waals surface area (Å²) in [5, 5.41) is 22.8. The molecule has 7 N–H and O–H groups in total. The fourth-order valence-electron chi connectivity index (χ4n) is 3.38. The second-order valence-electron chi connectivity index (χ2n) is 7.96. The first-order chi connectivity index (χ1) is 18.7. The summed E-state index contributed by atoms with van der Waals surface area (Å²) in [6, 6.07) is 20.1. The fraction of sp³-hybridized carbons (Fsp3) is 0.0400. The number of carbonyl (C=O) groups excluding carboxylic acids is 1. The van der Waals surface area contributed by atoms with E-state index in [1.54, 1.807) is 77.5 Å². The Labute approximate surface area is 225 Å². The maximum atomic E-state index is 12.9. The molecule has 0 aliphatic heterocycles. The molecule has 0 aliphatic carbocycles. The Morgan fingerprint density at radius 2 is 1.62 bits per heavy atom. The third kappa shape index (κ3) is 7.30. The van der Waals surface area contributed by atoms with E-state index in [1.807, 2.05) is 0 Å². The zero-order valence-corrected chi connectivity index (χ0v) is 21.1. The number of hydrogen-bond acceptors (Lipinski definition) is 6. The van der Waals surface area contributed by atoms with Gasteiger partial charge in [0.2, 0.25) is 15.8 Å². The SMILES string of the molecule is N=C(N)c1cccc(-n2ccnc2C(=O)Nc2ccc(-c3ccccc3S(N)(=O)=O)cc2)c1.O=C(O)C(F)(F)F. The minimum atomic E-state index is -5.08. The summed E-state index contributed by atoms with van der Waals surface area (Å²) in [5.74, 6) is -3.12. The summed E-state index contributed by atoms with van der Waals surface area (Å²) < 4.78 is 57.1.